The van der Waals surface area contributed by atoms with Crippen molar-refractivity contribution in [3.63, 3.8) is 0 Å². The van der Waals surface area contributed by atoms with E-state index in [4.69, 9.17) is 4.74 Å². The van der Waals surface area contributed by atoms with Crippen LogP contribution in [-0.2, 0) is 0 Å². The molecule has 0 radical (unpaired) electrons. The first-order valence-corrected chi connectivity index (χ1v) is 9.51. The van der Waals surface area contributed by atoms with Crippen molar-refractivity contribution in [2.75, 3.05) is 11.6 Å². The molecule has 0 saturated carbocycles. The molecule has 0 unspecified atom stereocenters. The second kappa shape index (κ2) is 7.17. The molecule has 1 N–H and O–H groups in total. The van der Waals surface area contributed by atoms with Crippen LogP contribution in [0.5, 0.6) is 5.88 Å². The van der Waals surface area contributed by atoms with E-state index in [1.54, 1.807) is 0 Å². The lowest BCUT2D eigenvalue weighted by Crippen LogP contribution is -2.27. The number of rotatable bonds is 3. The standard InChI is InChI=1S/C20H18N4OS/c1-13(12-14-8-4-3-5-9-14)18-21-16-11-7-6-10-15(16)17-19(25-18)22-20(26-2)24-23-17/h3-12,18,21H,1-2H3/b13-12+/t18-/m1/s1. The Morgan fingerprint density at radius 3 is 2.65 bits per heavy atom. The summed E-state index contributed by atoms with van der Waals surface area (Å²) < 4.78 is 6.21. The summed E-state index contributed by atoms with van der Waals surface area (Å²) in [6, 6.07) is 18.2. The Balaban J connectivity index is 1.78. The molecule has 0 amide bonds. The number of fused-ring (bicyclic) bond motifs is 3. The third-order valence-electron chi connectivity index (χ3n) is 4.12. The molecule has 0 fully saturated rings. The molecule has 1 aliphatic heterocycles. The number of hydrogen-bond donors (Lipinski definition) is 1. The van der Waals surface area contributed by atoms with Gasteiger partial charge in [0, 0.05) is 11.3 Å². The van der Waals surface area contributed by atoms with Crippen LogP contribution in [0.3, 0.4) is 0 Å². The Bertz CT molecular complexity index is 959. The molecule has 0 saturated heterocycles. The van der Waals surface area contributed by atoms with Crippen molar-refractivity contribution in [2.24, 2.45) is 0 Å². The van der Waals surface area contributed by atoms with Crippen molar-refractivity contribution in [3.05, 3.63) is 65.7 Å². The van der Waals surface area contributed by atoms with Crippen molar-refractivity contribution in [3.8, 4) is 17.1 Å². The van der Waals surface area contributed by atoms with E-state index in [2.05, 4.69) is 38.7 Å². The number of hydrogen-bond acceptors (Lipinski definition) is 6. The first-order chi connectivity index (χ1) is 12.7. The van der Waals surface area contributed by atoms with Gasteiger partial charge < -0.3 is 10.1 Å². The average molecular weight is 362 g/mol. The van der Waals surface area contributed by atoms with E-state index in [1.807, 2.05) is 55.6 Å². The van der Waals surface area contributed by atoms with Crippen molar-refractivity contribution in [1.29, 1.82) is 0 Å². The topological polar surface area (TPSA) is 59.9 Å². The lowest BCUT2D eigenvalue weighted by molar-refractivity contribution is 0.255. The molecule has 5 nitrogen and oxygen atoms in total. The fraction of sp³-hybridized carbons (Fsp3) is 0.150. The van der Waals surface area contributed by atoms with Gasteiger partial charge in [0.25, 0.3) is 0 Å². The van der Waals surface area contributed by atoms with E-state index < -0.39 is 0 Å². The predicted molar refractivity (Wildman–Crippen MR) is 105 cm³/mol. The molecule has 130 valence electrons. The molecule has 2 heterocycles. The number of anilines is 1. The van der Waals surface area contributed by atoms with Gasteiger partial charge in [0.2, 0.25) is 11.0 Å². The van der Waals surface area contributed by atoms with Gasteiger partial charge >= 0.3 is 0 Å². The molecule has 26 heavy (non-hydrogen) atoms. The highest BCUT2D eigenvalue weighted by Gasteiger charge is 2.25. The maximum absolute atomic E-state index is 6.21. The zero-order valence-corrected chi connectivity index (χ0v) is 15.3. The van der Waals surface area contributed by atoms with Gasteiger partial charge in [-0.1, -0.05) is 66.4 Å². The first-order valence-electron chi connectivity index (χ1n) is 8.29. The lowest BCUT2D eigenvalue weighted by Gasteiger charge is -2.19. The number of benzene rings is 2. The van der Waals surface area contributed by atoms with Gasteiger partial charge in [-0.3, -0.25) is 0 Å². The van der Waals surface area contributed by atoms with Crippen LogP contribution in [0.2, 0.25) is 0 Å². The molecule has 0 aliphatic carbocycles. The molecule has 0 spiro atoms. The van der Waals surface area contributed by atoms with E-state index in [0.29, 0.717) is 16.7 Å². The van der Waals surface area contributed by atoms with Gasteiger partial charge in [-0.2, -0.15) is 4.98 Å². The van der Waals surface area contributed by atoms with E-state index in [1.165, 1.54) is 11.8 Å². The quantitative estimate of drug-likeness (QED) is 0.693. The van der Waals surface area contributed by atoms with Gasteiger partial charge in [-0.15, -0.1) is 10.2 Å². The van der Waals surface area contributed by atoms with Crippen LogP contribution in [0, 0.1) is 0 Å². The van der Waals surface area contributed by atoms with Crippen molar-refractivity contribution < 1.29 is 4.74 Å². The zero-order valence-electron chi connectivity index (χ0n) is 14.5. The molecule has 1 aromatic heterocycles. The normalized spacial score (nSPS) is 15.9. The van der Waals surface area contributed by atoms with Crippen LogP contribution in [0.15, 0.2) is 65.3 Å². The Kier molecular flexibility index (Phi) is 4.58. The van der Waals surface area contributed by atoms with Crippen LogP contribution < -0.4 is 10.1 Å². The fourth-order valence-electron chi connectivity index (χ4n) is 2.83. The van der Waals surface area contributed by atoms with Gasteiger partial charge in [-0.25, -0.2) is 0 Å². The second-order valence-electron chi connectivity index (χ2n) is 5.94. The monoisotopic (exact) mass is 362 g/mol. The van der Waals surface area contributed by atoms with Gasteiger partial charge in [-0.05, 0) is 30.4 Å². The summed E-state index contributed by atoms with van der Waals surface area (Å²) in [5.74, 6) is 0.493. The van der Waals surface area contributed by atoms with Crippen molar-refractivity contribution in [1.82, 2.24) is 15.2 Å². The minimum atomic E-state index is -0.344. The third-order valence-corrected chi connectivity index (χ3v) is 4.66. The van der Waals surface area contributed by atoms with Crippen LogP contribution in [0.1, 0.15) is 12.5 Å². The molecule has 1 atom stereocenters. The van der Waals surface area contributed by atoms with Crippen LogP contribution in [0.4, 0.5) is 5.69 Å². The molecule has 6 heteroatoms. The van der Waals surface area contributed by atoms with E-state index >= 15 is 0 Å². The fourth-order valence-corrected chi connectivity index (χ4v) is 3.12. The first kappa shape index (κ1) is 16.6. The maximum Gasteiger partial charge on any atom is 0.247 e. The largest absolute Gasteiger partial charge is 0.448 e. The lowest BCUT2D eigenvalue weighted by atomic mass is 10.1. The highest BCUT2D eigenvalue weighted by Crippen LogP contribution is 2.37. The van der Waals surface area contributed by atoms with E-state index in [0.717, 1.165) is 22.4 Å². The highest BCUT2D eigenvalue weighted by atomic mass is 32.2. The number of nitrogens with one attached hydrogen (secondary N) is 1. The minimum absolute atomic E-state index is 0.344. The summed E-state index contributed by atoms with van der Waals surface area (Å²) >= 11 is 1.44. The molecular weight excluding hydrogens is 344 g/mol. The minimum Gasteiger partial charge on any atom is -0.448 e. The Morgan fingerprint density at radius 1 is 1.08 bits per heavy atom. The number of nitrogens with zero attached hydrogens (tertiary/aromatic N) is 3. The Morgan fingerprint density at radius 2 is 1.85 bits per heavy atom. The molecule has 3 aromatic rings. The molecule has 1 aliphatic rings. The predicted octanol–water partition coefficient (Wildman–Crippen LogP) is 4.49. The summed E-state index contributed by atoms with van der Waals surface area (Å²) in [5, 5.41) is 12.6. The van der Waals surface area contributed by atoms with Crippen molar-refractivity contribution >= 4 is 23.5 Å². The summed E-state index contributed by atoms with van der Waals surface area (Å²) in [7, 11) is 0. The van der Waals surface area contributed by atoms with Crippen molar-refractivity contribution in [2.45, 2.75) is 18.3 Å². The zero-order chi connectivity index (χ0) is 17.9. The SMILES string of the molecule is CSc1nnc2c(n1)O[C@H](/C(C)=C/c1ccccc1)Nc1ccccc1-2. The summed E-state index contributed by atoms with van der Waals surface area (Å²) in [6.07, 6.45) is 3.68. The van der Waals surface area contributed by atoms with Gasteiger partial charge in [0.15, 0.2) is 11.9 Å². The Labute approximate surface area is 156 Å². The van der Waals surface area contributed by atoms with Crippen LogP contribution in [0.25, 0.3) is 17.3 Å². The maximum atomic E-state index is 6.21. The summed E-state index contributed by atoms with van der Waals surface area (Å²) in [6.45, 7) is 2.04. The summed E-state index contributed by atoms with van der Waals surface area (Å²) in [4.78, 5) is 4.53. The third kappa shape index (κ3) is 3.28. The smallest absolute Gasteiger partial charge is 0.247 e. The van der Waals surface area contributed by atoms with E-state index in [9.17, 15) is 0 Å². The number of aromatic nitrogens is 3. The van der Waals surface area contributed by atoms with Crippen LogP contribution in [-0.4, -0.2) is 27.7 Å². The van der Waals surface area contributed by atoms with E-state index in [-0.39, 0.29) is 6.23 Å². The second-order valence-corrected chi connectivity index (χ2v) is 6.71. The Hall–Kier alpha value is -2.86. The average Bonchev–Trinajstić information content (AvgIpc) is 2.85. The molecule has 0 bridgehead atoms. The van der Waals surface area contributed by atoms with Crippen LogP contribution >= 0.6 is 11.8 Å². The number of thioether (sulfide) groups is 1. The molecule has 4 rings (SSSR count). The number of ether oxygens (including phenoxy) is 1. The summed E-state index contributed by atoms with van der Waals surface area (Å²) in [5.41, 5.74) is 4.71. The van der Waals surface area contributed by atoms with Gasteiger partial charge in [0.1, 0.15) is 0 Å². The number of para-hydroxylation sites is 1. The van der Waals surface area contributed by atoms with Gasteiger partial charge in [0.05, 0.1) is 0 Å². The molecular formula is C20H18N4OS. The molecule has 2 aromatic carbocycles. The highest BCUT2D eigenvalue weighted by molar-refractivity contribution is 7.98.